The molecular formula is C22H17F2N3O4S. The number of aromatic nitrogens is 1. The topological polar surface area (TPSA) is 108 Å². The smallest absolute Gasteiger partial charge is 0.264 e. The molecule has 32 heavy (non-hydrogen) atoms. The van der Waals surface area contributed by atoms with Crippen molar-refractivity contribution in [2.75, 3.05) is 10.0 Å². The molecule has 1 amide bonds. The normalized spacial score (nSPS) is 16.4. The maximum absolute atomic E-state index is 14.1. The van der Waals surface area contributed by atoms with E-state index in [9.17, 15) is 27.1 Å². The Bertz CT molecular complexity index is 1370. The molecule has 0 unspecified atom stereocenters. The molecule has 0 radical (unpaired) electrons. The molecule has 3 aromatic rings. The van der Waals surface area contributed by atoms with Crippen LogP contribution in [0.5, 0.6) is 5.88 Å². The average Bonchev–Trinajstić information content (AvgIpc) is 2.99. The Morgan fingerprint density at radius 2 is 1.88 bits per heavy atom. The van der Waals surface area contributed by atoms with E-state index < -0.39 is 32.0 Å². The van der Waals surface area contributed by atoms with Crippen LogP contribution in [0.4, 0.5) is 20.2 Å². The van der Waals surface area contributed by atoms with Gasteiger partial charge in [-0.1, -0.05) is 6.42 Å². The van der Waals surface area contributed by atoms with Crippen molar-refractivity contribution >= 4 is 27.3 Å². The monoisotopic (exact) mass is 457 g/mol. The second kappa shape index (κ2) is 6.99. The zero-order valence-electron chi connectivity index (χ0n) is 16.5. The van der Waals surface area contributed by atoms with Gasteiger partial charge in [0.25, 0.3) is 10.0 Å². The number of anilines is 2. The van der Waals surface area contributed by atoms with Crippen LogP contribution in [0.25, 0.3) is 11.1 Å². The Hall–Kier alpha value is -3.53. The van der Waals surface area contributed by atoms with E-state index in [4.69, 9.17) is 0 Å². The van der Waals surface area contributed by atoms with Crippen LogP contribution in [0.3, 0.4) is 0 Å². The number of halogens is 2. The minimum absolute atomic E-state index is 0.123. The van der Waals surface area contributed by atoms with Crippen LogP contribution in [0.15, 0.2) is 53.6 Å². The predicted molar refractivity (Wildman–Crippen MR) is 113 cm³/mol. The number of carbonyl (C=O) groups is 1. The fourth-order valence-electron chi connectivity index (χ4n) is 4.27. The number of nitrogens with zero attached hydrogens (tertiary/aromatic N) is 1. The number of pyridine rings is 1. The van der Waals surface area contributed by atoms with Crippen molar-refractivity contribution in [2.45, 2.75) is 29.6 Å². The largest absolute Gasteiger partial charge is 0.493 e. The summed E-state index contributed by atoms with van der Waals surface area (Å²) in [5.74, 6) is -2.45. The van der Waals surface area contributed by atoms with Gasteiger partial charge in [-0.25, -0.2) is 22.2 Å². The van der Waals surface area contributed by atoms with Crippen molar-refractivity contribution in [1.82, 2.24) is 4.98 Å². The average molecular weight is 457 g/mol. The van der Waals surface area contributed by atoms with Crippen molar-refractivity contribution in [3.05, 3.63) is 65.9 Å². The highest BCUT2D eigenvalue weighted by Crippen LogP contribution is 2.54. The van der Waals surface area contributed by atoms with E-state index in [0.29, 0.717) is 41.3 Å². The van der Waals surface area contributed by atoms with Crippen molar-refractivity contribution < 1.29 is 27.1 Å². The lowest BCUT2D eigenvalue weighted by Gasteiger charge is -2.36. The molecule has 0 saturated heterocycles. The van der Waals surface area contributed by atoms with Gasteiger partial charge >= 0.3 is 0 Å². The molecule has 0 atom stereocenters. The van der Waals surface area contributed by atoms with Gasteiger partial charge in [-0.2, -0.15) is 0 Å². The van der Waals surface area contributed by atoms with Gasteiger partial charge < -0.3 is 10.4 Å². The second-order valence-electron chi connectivity index (χ2n) is 7.92. The van der Waals surface area contributed by atoms with E-state index in [-0.39, 0.29) is 17.5 Å². The molecule has 164 valence electrons. The van der Waals surface area contributed by atoms with Gasteiger partial charge in [0, 0.05) is 35.1 Å². The van der Waals surface area contributed by atoms with Crippen LogP contribution in [-0.2, 0) is 20.2 Å². The molecule has 5 rings (SSSR count). The van der Waals surface area contributed by atoms with Gasteiger partial charge in [0.15, 0.2) is 0 Å². The number of hydrogen-bond acceptors (Lipinski definition) is 5. The molecule has 7 nitrogen and oxygen atoms in total. The quantitative estimate of drug-likeness (QED) is 0.551. The Morgan fingerprint density at radius 1 is 1.09 bits per heavy atom. The minimum atomic E-state index is -4.38. The van der Waals surface area contributed by atoms with E-state index in [0.717, 1.165) is 18.6 Å². The first kappa shape index (κ1) is 20.4. The molecule has 1 aromatic heterocycles. The minimum Gasteiger partial charge on any atom is -0.493 e. The van der Waals surface area contributed by atoms with E-state index in [1.807, 2.05) is 0 Å². The number of nitrogens with one attached hydrogen (secondary N) is 2. The highest BCUT2D eigenvalue weighted by molar-refractivity contribution is 7.92. The van der Waals surface area contributed by atoms with Crippen molar-refractivity contribution in [1.29, 1.82) is 0 Å². The second-order valence-corrected chi connectivity index (χ2v) is 9.57. The summed E-state index contributed by atoms with van der Waals surface area (Å²) in [7, 11) is -4.38. The third-order valence-corrected chi connectivity index (χ3v) is 7.44. The number of amides is 1. The van der Waals surface area contributed by atoms with Gasteiger partial charge in [0.1, 0.15) is 16.5 Å². The summed E-state index contributed by atoms with van der Waals surface area (Å²) in [6.45, 7) is 0. The predicted octanol–water partition coefficient (Wildman–Crippen LogP) is 3.91. The summed E-state index contributed by atoms with van der Waals surface area (Å²) in [6.07, 6.45) is 3.52. The first-order valence-electron chi connectivity index (χ1n) is 9.83. The van der Waals surface area contributed by atoms with Gasteiger partial charge in [-0.15, -0.1) is 0 Å². The van der Waals surface area contributed by atoms with Gasteiger partial charge in [-0.05, 0) is 48.7 Å². The third-order valence-electron chi connectivity index (χ3n) is 6.03. The molecule has 1 aliphatic heterocycles. The standard InChI is InChI=1S/C22H17F2N3O4S/c23-13-3-4-18(17(24)8-13)32(30,31)27-14-9-15(12-2-5-19(28)25-11-12)20-16(10-14)22(6-1-7-22)21(29)26-20/h2-5,8-11,27H,1,6-7H2,(H,25,28)(H,26,29). The van der Waals surface area contributed by atoms with E-state index in [1.165, 1.54) is 18.3 Å². The third kappa shape index (κ3) is 3.10. The summed E-state index contributed by atoms with van der Waals surface area (Å²) < 4.78 is 55.4. The lowest BCUT2D eigenvalue weighted by Crippen LogP contribution is -2.40. The number of fused-ring (bicyclic) bond motifs is 2. The zero-order valence-corrected chi connectivity index (χ0v) is 17.3. The van der Waals surface area contributed by atoms with Crippen LogP contribution in [0.1, 0.15) is 24.8 Å². The number of hydrogen-bond donors (Lipinski definition) is 3. The molecule has 1 saturated carbocycles. The summed E-state index contributed by atoms with van der Waals surface area (Å²) in [6, 6.07) is 8.25. The summed E-state index contributed by atoms with van der Waals surface area (Å²) in [4.78, 5) is 15.9. The zero-order chi connectivity index (χ0) is 22.7. The van der Waals surface area contributed by atoms with E-state index in [2.05, 4.69) is 15.0 Å². The summed E-state index contributed by atoms with van der Waals surface area (Å²) >= 11 is 0. The molecule has 1 spiro atoms. The Labute approximate surface area is 182 Å². The Kier molecular flexibility index (Phi) is 4.45. The molecule has 2 heterocycles. The van der Waals surface area contributed by atoms with Crippen LogP contribution in [0.2, 0.25) is 0 Å². The van der Waals surface area contributed by atoms with Crippen molar-refractivity contribution in [2.24, 2.45) is 0 Å². The number of rotatable bonds is 4. The molecule has 1 fully saturated rings. The maximum atomic E-state index is 14.1. The molecule has 3 N–H and O–H groups in total. The number of sulfonamides is 1. The molecular weight excluding hydrogens is 440 g/mol. The fourth-order valence-corrected chi connectivity index (χ4v) is 5.37. The van der Waals surface area contributed by atoms with Crippen molar-refractivity contribution in [3.8, 4) is 17.0 Å². The maximum Gasteiger partial charge on any atom is 0.264 e. The molecule has 2 aromatic carbocycles. The van der Waals surface area contributed by atoms with Crippen LogP contribution in [0, 0.1) is 11.6 Å². The lowest BCUT2D eigenvalue weighted by atomic mass is 9.65. The van der Waals surface area contributed by atoms with E-state index >= 15 is 0 Å². The highest BCUT2D eigenvalue weighted by Gasteiger charge is 2.52. The van der Waals surface area contributed by atoms with Crippen LogP contribution in [-0.4, -0.2) is 24.4 Å². The summed E-state index contributed by atoms with van der Waals surface area (Å²) in [5, 5.41) is 12.4. The lowest BCUT2D eigenvalue weighted by molar-refractivity contribution is -0.123. The SMILES string of the molecule is O=C1Nc2c(-c3ccc(O)nc3)cc(NS(=O)(=O)c3ccc(F)cc3F)cc2C12CCC2. The van der Waals surface area contributed by atoms with Gasteiger partial charge in [0.05, 0.1) is 11.1 Å². The van der Waals surface area contributed by atoms with Gasteiger partial charge in [-0.3, -0.25) is 9.52 Å². The molecule has 1 aliphatic carbocycles. The summed E-state index contributed by atoms with van der Waals surface area (Å²) in [5.41, 5.74) is 1.64. The van der Waals surface area contributed by atoms with Crippen LogP contribution < -0.4 is 10.0 Å². The van der Waals surface area contributed by atoms with Gasteiger partial charge in [0.2, 0.25) is 11.8 Å². The fraction of sp³-hybridized carbons (Fsp3) is 0.182. The molecule has 2 aliphatic rings. The van der Waals surface area contributed by atoms with E-state index in [1.54, 1.807) is 12.1 Å². The number of aromatic hydroxyl groups is 1. The number of benzene rings is 2. The molecule has 0 bridgehead atoms. The Morgan fingerprint density at radius 3 is 2.50 bits per heavy atom. The highest BCUT2D eigenvalue weighted by atomic mass is 32.2. The number of carbonyl (C=O) groups excluding carboxylic acids is 1. The first-order valence-corrected chi connectivity index (χ1v) is 11.3. The van der Waals surface area contributed by atoms with Crippen molar-refractivity contribution in [3.63, 3.8) is 0 Å². The molecule has 10 heteroatoms. The first-order chi connectivity index (χ1) is 15.2. The van der Waals surface area contributed by atoms with Crippen LogP contribution >= 0.6 is 0 Å². The Balaban J connectivity index is 1.64.